The minimum Gasteiger partial charge on any atom is -0.459 e. The molecule has 0 saturated carbocycles. The average molecular weight is 363 g/mol. The summed E-state index contributed by atoms with van der Waals surface area (Å²) in [6, 6.07) is 6.56. The first-order valence-corrected chi connectivity index (χ1v) is 9.71. The fourth-order valence-electron chi connectivity index (χ4n) is 2.53. The molecule has 0 aliphatic rings. The van der Waals surface area contributed by atoms with Crippen LogP contribution in [0.4, 0.5) is 0 Å². The maximum absolute atomic E-state index is 12.3. The van der Waals surface area contributed by atoms with Crippen LogP contribution in [0, 0.1) is 11.8 Å². The number of esters is 2. The first-order valence-electron chi connectivity index (χ1n) is 9.71. The molecule has 2 atom stereocenters. The Bertz CT molecular complexity index is 530. The van der Waals surface area contributed by atoms with Gasteiger partial charge in [-0.2, -0.15) is 0 Å². The normalized spacial score (nSPS) is 13.5. The van der Waals surface area contributed by atoms with Crippen molar-refractivity contribution in [1.82, 2.24) is 0 Å². The molecule has 0 aliphatic heterocycles. The van der Waals surface area contributed by atoms with E-state index in [0.29, 0.717) is 23.0 Å². The molecule has 4 nitrogen and oxygen atoms in total. The van der Waals surface area contributed by atoms with Crippen molar-refractivity contribution < 1.29 is 19.1 Å². The highest BCUT2D eigenvalue weighted by Crippen LogP contribution is 2.15. The van der Waals surface area contributed by atoms with Crippen LogP contribution >= 0.6 is 0 Å². The summed E-state index contributed by atoms with van der Waals surface area (Å²) in [5.74, 6) is 0.353. The number of ether oxygens (including phenoxy) is 2. The van der Waals surface area contributed by atoms with Crippen molar-refractivity contribution in [3.63, 3.8) is 0 Å². The summed E-state index contributed by atoms with van der Waals surface area (Å²) >= 11 is 0. The lowest BCUT2D eigenvalue weighted by Gasteiger charge is -2.16. The second kappa shape index (κ2) is 11.0. The van der Waals surface area contributed by atoms with Gasteiger partial charge in [0.2, 0.25) is 0 Å². The average Bonchev–Trinajstić information content (AvgIpc) is 2.58. The molecule has 1 aromatic rings. The number of hydrogen-bond acceptors (Lipinski definition) is 4. The standard InChI is InChI=1S/C22H34O4/c1-15(2)10-12-17(5)25-21(23)19-8-7-9-20(14-19)22(24)26-18(6)13-11-16(3)4/h7-9,14-18H,10-13H2,1-6H3. The van der Waals surface area contributed by atoms with E-state index in [0.717, 1.165) is 25.7 Å². The Balaban J connectivity index is 2.63. The van der Waals surface area contributed by atoms with E-state index >= 15 is 0 Å². The van der Waals surface area contributed by atoms with E-state index in [9.17, 15) is 9.59 Å². The maximum Gasteiger partial charge on any atom is 0.338 e. The number of carbonyl (C=O) groups excluding carboxylic acids is 2. The van der Waals surface area contributed by atoms with Gasteiger partial charge in [-0.05, 0) is 69.6 Å². The lowest BCUT2D eigenvalue weighted by Crippen LogP contribution is -2.18. The predicted molar refractivity (Wildman–Crippen MR) is 104 cm³/mol. The fourth-order valence-corrected chi connectivity index (χ4v) is 2.53. The second-order valence-electron chi connectivity index (χ2n) is 7.96. The summed E-state index contributed by atoms with van der Waals surface area (Å²) in [5.41, 5.74) is 0.761. The van der Waals surface area contributed by atoms with Crippen molar-refractivity contribution in [1.29, 1.82) is 0 Å². The van der Waals surface area contributed by atoms with E-state index in [1.54, 1.807) is 24.3 Å². The van der Waals surface area contributed by atoms with Crippen LogP contribution in [0.2, 0.25) is 0 Å². The van der Waals surface area contributed by atoms with Gasteiger partial charge >= 0.3 is 11.9 Å². The van der Waals surface area contributed by atoms with Gasteiger partial charge in [-0.1, -0.05) is 33.8 Å². The molecule has 0 bridgehead atoms. The van der Waals surface area contributed by atoms with Crippen molar-refractivity contribution in [3.05, 3.63) is 35.4 Å². The third-order valence-corrected chi connectivity index (χ3v) is 4.25. The molecule has 0 aliphatic carbocycles. The van der Waals surface area contributed by atoms with Gasteiger partial charge in [-0.25, -0.2) is 9.59 Å². The Morgan fingerprint density at radius 2 is 1.12 bits per heavy atom. The van der Waals surface area contributed by atoms with Crippen molar-refractivity contribution in [2.75, 3.05) is 0 Å². The number of rotatable bonds is 10. The van der Waals surface area contributed by atoms with Gasteiger partial charge in [0.15, 0.2) is 0 Å². The van der Waals surface area contributed by atoms with Crippen LogP contribution in [0.3, 0.4) is 0 Å². The highest BCUT2D eigenvalue weighted by molar-refractivity contribution is 5.95. The molecule has 0 spiro atoms. The van der Waals surface area contributed by atoms with Gasteiger partial charge in [0.1, 0.15) is 0 Å². The van der Waals surface area contributed by atoms with Crippen molar-refractivity contribution in [2.24, 2.45) is 11.8 Å². The molecule has 0 heterocycles. The van der Waals surface area contributed by atoms with Crippen molar-refractivity contribution in [3.8, 4) is 0 Å². The van der Waals surface area contributed by atoms with Crippen LogP contribution in [0.1, 0.15) is 87.9 Å². The molecule has 0 N–H and O–H groups in total. The fraction of sp³-hybridized carbons (Fsp3) is 0.636. The van der Waals surface area contributed by atoms with Crippen LogP contribution in [-0.2, 0) is 9.47 Å². The summed E-state index contributed by atoms with van der Waals surface area (Å²) in [4.78, 5) is 24.6. The molecular weight excluding hydrogens is 328 g/mol. The molecule has 2 unspecified atom stereocenters. The van der Waals surface area contributed by atoms with Gasteiger partial charge in [0.25, 0.3) is 0 Å². The molecule has 4 heteroatoms. The van der Waals surface area contributed by atoms with E-state index in [1.807, 2.05) is 13.8 Å². The van der Waals surface area contributed by atoms with Gasteiger partial charge in [-0.15, -0.1) is 0 Å². The first-order chi connectivity index (χ1) is 12.2. The summed E-state index contributed by atoms with van der Waals surface area (Å²) in [5, 5.41) is 0. The Morgan fingerprint density at radius 1 is 0.731 bits per heavy atom. The van der Waals surface area contributed by atoms with Gasteiger partial charge in [0.05, 0.1) is 23.3 Å². The van der Waals surface area contributed by atoms with E-state index in [2.05, 4.69) is 27.7 Å². The zero-order valence-electron chi connectivity index (χ0n) is 17.1. The zero-order valence-corrected chi connectivity index (χ0v) is 17.1. The molecular formula is C22H34O4. The highest BCUT2D eigenvalue weighted by Gasteiger charge is 2.17. The Morgan fingerprint density at radius 3 is 1.46 bits per heavy atom. The third kappa shape index (κ3) is 8.50. The lowest BCUT2D eigenvalue weighted by molar-refractivity contribution is 0.0312. The number of carbonyl (C=O) groups is 2. The van der Waals surface area contributed by atoms with E-state index in [-0.39, 0.29) is 12.2 Å². The van der Waals surface area contributed by atoms with Crippen LogP contribution < -0.4 is 0 Å². The molecule has 0 amide bonds. The molecule has 26 heavy (non-hydrogen) atoms. The van der Waals surface area contributed by atoms with Crippen molar-refractivity contribution >= 4 is 11.9 Å². The van der Waals surface area contributed by atoms with Crippen LogP contribution in [0.5, 0.6) is 0 Å². The molecule has 0 aromatic heterocycles. The Labute approximate surface area is 158 Å². The van der Waals surface area contributed by atoms with Gasteiger partial charge in [0, 0.05) is 0 Å². The Kier molecular flexibility index (Phi) is 9.39. The molecule has 146 valence electrons. The molecule has 0 fully saturated rings. The monoisotopic (exact) mass is 362 g/mol. The van der Waals surface area contributed by atoms with E-state index in [1.165, 1.54) is 0 Å². The largest absolute Gasteiger partial charge is 0.459 e. The van der Waals surface area contributed by atoms with Crippen LogP contribution in [0.15, 0.2) is 24.3 Å². The van der Waals surface area contributed by atoms with Gasteiger partial charge < -0.3 is 9.47 Å². The molecule has 1 rings (SSSR count). The topological polar surface area (TPSA) is 52.6 Å². The lowest BCUT2D eigenvalue weighted by atomic mass is 10.1. The number of hydrogen-bond donors (Lipinski definition) is 0. The molecule has 1 aromatic carbocycles. The number of benzene rings is 1. The second-order valence-corrected chi connectivity index (χ2v) is 7.96. The smallest absolute Gasteiger partial charge is 0.338 e. The van der Waals surface area contributed by atoms with Crippen LogP contribution in [-0.4, -0.2) is 24.1 Å². The maximum atomic E-state index is 12.3. The van der Waals surface area contributed by atoms with E-state index < -0.39 is 11.9 Å². The highest BCUT2D eigenvalue weighted by atomic mass is 16.5. The predicted octanol–water partition coefficient (Wildman–Crippen LogP) is 5.65. The van der Waals surface area contributed by atoms with E-state index in [4.69, 9.17) is 9.47 Å². The SMILES string of the molecule is CC(C)CCC(C)OC(=O)c1cccc(C(=O)OC(C)CCC(C)C)c1. The first kappa shape index (κ1) is 22.2. The summed E-state index contributed by atoms with van der Waals surface area (Å²) in [6.07, 6.45) is 3.40. The zero-order chi connectivity index (χ0) is 19.7. The minimum absolute atomic E-state index is 0.142. The molecule has 0 radical (unpaired) electrons. The van der Waals surface area contributed by atoms with Crippen molar-refractivity contribution in [2.45, 2.75) is 79.4 Å². The summed E-state index contributed by atoms with van der Waals surface area (Å²) in [6.45, 7) is 12.4. The summed E-state index contributed by atoms with van der Waals surface area (Å²) < 4.78 is 11.0. The quantitative estimate of drug-likeness (QED) is 0.505. The Hall–Kier alpha value is -1.84. The molecule has 0 saturated heterocycles. The summed E-state index contributed by atoms with van der Waals surface area (Å²) in [7, 11) is 0. The van der Waals surface area contributed by atoms with Gasteiger partial charge in [-0.3, -0.25) is 0 Å². The third-order valence-electron chi connectivity index (χ3n) is 4.25. The minimum atomic E-state index is -0.399. The van der Waals surface area contributed by atoms with Crippen LogP contribution in [0.25, 0.3) is 0 Å².